The third kappa shape index (κ3) is 1.16. The molecule has 1 N–H and O–H groups in total. The van der Waals surface area contributed by atoms with Crippen LogP contribution in [-0.4, -0.2) is 10.2 Å². The minimum Gasteiger partial charge on any atom is -0.281 e. The first kappa shape index (κ1) is 7.61. The van der Waals surface area contributed by atoms with E-state index in [1.54, 1.807) is 0 Å². The van der Waals surface area contributed by atoms with E-state index in [-0.39, 0.29) is 0 Å². The van der Waals surface area contributed by atoms with Gasteiger partial charge in [-0.05, 0) is 12.8 Å². The van der Waals surface area contributed by atoms with E-state index in [1.165, 1.54) is 0 Å². The predicted octanol–water partition coefficient (Wildman–Crippen LogP) is 2.19. The molecule has 0 spiro atoms. The molecule has 0 aliphatic heterocycles. The van der Waals surface area contributed by atoms with Gasteiger partial charge in [0.1, 0.15) is 0 Å². The van der Waals surface area contributed by atoms with E-state index in [4.69, 9.17) is 11.6 Å². The maximum Gasteiger partial charge on any atom is 0.154 e. The summed E-state index contributed by atoms with van der Waals surface area (Å²) in [6, 6.07) is 0. The summed E-state index contributed by atoms with van der Waals surface area (Å²) >= 11 is 5.78. The van der Waals surface area contributed by atoms with Crippen molar-refractivity contribution in [3.8, 4) is 0 Å². The van der Waals surface area contributed by atoms with Crippen LogP contribution in [0.2, 0.25) is 5.15 Å². The summed E-state index contributed by atoms with van der Waals surface area (Å²) in [6.07, 6.45) is 1.93. The standard InChI is InChI=1S/C7H11ClN2/c1-3-5-6(4-2)9-10-7(5)8/h3-4H2,1-2H3,(H,9,10). The van der Waals surface area contributed by atoms with Gasteiger partial charge in [0, 0.05) is 11.3 Å². The lowest BCUT2D eigenvalue weighted by atomic mass is 10.2. The largest absolute Gasteiger partial charge is 0.281 e. The van der Waals surface area contributed by atoms with Crippen molar-refractivity contribution in [2.45, 2.75) is 26.7 Å². The van der Waals surface area contributed by atoms with Crippen molar-refractivity contribution in [3.63, 3.8) is 0 Å². The highest BCUT2D eigenvalue weighted by Gasteiger charge is 2.06. The molecule has 56 valence electrons. The number of rotatable bonds is 2. The minimum atomic E-state index is 0.624. The monoisotopic (exact) mass is 158 g/mol. The van der Waals surface area contributed by atoms with Crippen LogP contribution in [0.1, 0.15) is 25.1 Å². The van der Waals surface area contributed by atoms with Crippen LogP contribution in [0.25, 0.3) is 0 Å². The summed E-state index contributed by atoms with van der Waals surface area (Å²) in [5.74, 6) is 0. The van der Waals surface area contributed by atoms with Crippen molar-refractivity contribution in [3.05, 3.63) is 16.4 Å². The van der Waals surface area contributed by atoms with Crippen molar-refractivity contribution in [2.24, 2.45) is 0 Å². The smallest absolute Gasteiger partial charge is 0.154 e. The van der Waals surface area contributed by atoms with Crippen LogP contribution in [0.5, 0.6) is 0 Å². The number of nitrogens with one attached hydrogen (secondary N) is 1. The fourth-order valence-electron chi connectivity index (χ4n) is 1.03. The van der Waals surface area contributed by atoms with Gasteiger partial charge in [-0.1, -0.05) is 25.4 Å². The Hall–Kier alpha value is -0.500. The summed E-state index contributed by atoms with van der Waals surface area (Å²) in [5, 5.41) is 7.42. The molecular weight excluding hydrogens is 148 g/mol. The van der Waals surface area contributed by atoms with Gasteiger partial charge in [0.05, 0.1) is 0 Å². The number of halogens is 1. The minimum absolute atomic E-state index is 0.624. The van der Waals surface area contributed by atoms with Crippen LogP contribution in [0.15, 0.2) is 0 Å². The number of H-pyrrole nitrogens is 1. The fraction of sp³-hybridized carbons (Fsp3) is 0.571. The van der Waals surface area contributed by atoms with Crippen LogP contribution in [0.3, 0.4) is 0 Å². The zero-order valence-electron chi connectivity index (χ0n) is 6.24. The van der Waals surface area contributed by atoms with E-state index < -0.39 is 0 Å². The van der Waals surface area contributed by atoms with E-state index in [0.717, 1.165) is 24.1 Å². The average Bonchev–Trinajstić information content (AvgIpc) is 2.30. The molecule has 0 fully saturated rings. The van der Waals surface area contributed by atoms with Crippen LogP contribution in [0, 0.1) is 0 Å². The fourth-order valence-corrected chi connectivity index (χ4v) is 1.32. The van der Waals surface area contributed by atoms with Gasteiger partial charge < -0.3 is 0 Å². The molecule has 10 heavy (non-hydrogen) atoms. The topological polar surface area (TPSA) is 28.7 Å². The molecule has 1 heterocycles. The van der Waals surface area contributed by atoms with Gasteiger partial charge in [-0.25, -0.2) is 0 Å². The van der Waals surface area contributed by atoms with Crippen molar-refractivity contribution < 1.29 is 0 Å². The number of hydrogen-bond donors (Lipinski definition) is 1. The second-order valence-corrected chi connectivity index (χ2v) is 2.54. The van der Waals surface area contributed by atoms with Gasteiger partial charge >= 0.3 is 0 Å². The SMILES string of the molecule is CCc1[nH]nc(Cl)c1CC. The molecule has 2 nitrogen and oxygen atoms in total. The molecule has 0 amide bonds. The van der Waals surface area contributed by atoms with Gasteiger partial charge in [-0.3, -0.25) is 5.10 Å². The molecule has 1 rings (SSSR count). The van der Waals surface area contributed by atoms with Gasteiger partial charge in [-0.2, -0.15) is 5.10 Å². The Balaban J connectivity index is 3.01. The average molecular weight is 159 g/mol. The van der Waals surface area contributed by atoms with E-state index >= 15 is 0 Å². The maximum atomic E-state index is 5.78. The third-order valence-corrected chi connectivity index (χ3v) is 1.92. The number of aromatic nitrogens is 2. The van der Waals surface area contributed by atoms with Crippen molar-refractivity contribution in [2.75, 3.05) is 0 Å². The normalized spacial score (nSPS) is 10.3. The van der Waals surface area contributed by atoms with Gasteiger partial charge in [0.2, 0.25) is 0 Å². The highest BCUT2D eigenvalue weighted by Crippen LogP contribution is 2.16. The third-order valence-electron chi connectivity index (χ3n) is 1.61. The Labute approximate surface area is 65.6 Å². The van der Waals surface area contributed by atoms with E-state index in [9.17, 15) is 0 Å². The Bertz CT molecular complexity index is 217. The molecule has 0 saturated carbocycles. The zero-order valence-corrected chi connectivity index (χ0v) is 7.00. The molecule has 0 aliphatic rings. The molecule has 0 aromatic carbocycles. The van der Waals surface area contributed by atoms with Crippen molar-refractivity contribution in [1.29, 1.82) is 0 Å². The van der Waals surface area contributed by atoms with Crippen molar-refractivity contribution >= 4 is 11.6 Å². The Morgan fingerprint density at radius 1 is 1.40 bits per heavy atom. The van der Waals surface area contributed by atoms with E-state index in [2.05, 4.69) is 24.0 Å². The summed E-state index contributed by atoms with van der Waals surface area (Å²) in [5.41, 5.74) is 2.32. The van der Waals surface area contributed by atoms with Gasteiger partial charge in [0.15, 0.2) is 5.15 Å². The summed E-state index contributed by atoms with van der Waals surface area (Å²) in [7, 11) is 0. The van der Waals surface area contributed by atoms with Gasteiger partial charge in [0.25, 0.3) is 0 Å². The van der Waals surface area contributed by atoms with Crippen LogP contribution in [0.4, 0.5) is 0 Å². The summed E-state index contributed by atoms with van der Waals surface area (Å²) in [6.45, 7) is 4.17. The molecular formula is C7H11ClN2. The van der Waals surface area contributed by atoms with Gasteiger partial charge in [-0.15, -0.1) is 0 Å². The van der Waals surface area contributed by atoms with Crippen LogP contribution in [-0.2, 0) is 12.8 Å². The Morgan fingerprint density at radius 2 is 2.10 bits per heavy atom. The molecule has 0 atom stereocenters. The molecule has 0 aliphatic carbocycles. The molecule has 0 radical (unpaired) electrons. The lowest BCUT2D eigenvalue weighted by Gasteiger charge is -1.93. The molecule has 1 aromatic heterocycles. The maximum absolute atomic E-state index is 5.78. The molecule has 0 bridgehead atoms. The lowest BCUT2D eigenvalue weighted by Crippen LogP contribution is -1.86. The highest BCUT2D eigenvalue weighted by atomic mass is 35.5. The van der Waals surface area contributed by atoms with Crippen LogP contribution >= 0.6 is 11.6 Å². The van der Waals surface area contributed by atoms with E-state index in [1.807, 2.05) is 0 Å². The molecule has 0 saturated heterocycles. The highest BCUT2D eigenvalue weighted by molar-refractivity contribution is 6.30. The second kappa shape index (κ2) is 3.06. The van der Waals surface area contributed by atoms with Crippen LogP contribution < -0.4 is 0 Å². The molecule has 0 unspecified atom stereocenters. The number of hydrogen-bond acceptors (Lipinski definition) is 1. The number of nitrogens with zero attached hydrogens (tertiary/aromatic N) is 1. The first-order valence-electron chi connectivity index (χ1n) is 3.51. The van der Waals surface area contributed by atoms with E-state index in [0.29, 0.717) is 5.15 Å². The second-order valence-electron chi connectivity index (χ2n) is 2.18. The summed E-state index contributed by atoms with van der Waals surface area (Å²) < 4.78 is 0. The Morgan fingerprint density at radius 3 is 2.50 bits per heavy atom. The molecule has 1 aromatic rings. The summed E-state index contributed by atoms with van der Waals surface area (Å²) in [4.78, 5) is 0. The quantitative estimate of drug-likeness (QED) is 0.703. The van der Waals surface area contributed by atoms with Crippen molar-refractivity contribution in [1.82, 2.24) is 10.2 Å². The Kier molecular flexibility index (Phi) is 2.33. The first-order chi connectivity index (χ1) is 4.79. The zero-order chi connectivity index (χ0) is 7.56. The number of aromatic amines is 1. The number of aryl methyl sites for hydroxylation is 1. The lowest BCUT2D eigenvalue weighted by molar-refractivity contribution is 0.956. The first-order valence-corrected chi connectivity index (χ1v) is 3.89. The predicted molar refractivity (Wildman–Crippen MR) is 42.4 cm³/mol. The molecule has 3 heteroatoms.